The Morgan fingerprint density at radius 3 is 2.54 bits per heavy atom. The lowest BCUT2D eigenvalue weighted by Crippen LogP contribution is -2.07. The fourth-order valence-electron chi connectivity index (χ4n) is 2.34. The molecule has 0 bridgehead atoms. The summed E-state index contributed by atoms with van der Waals surface area (Å²) in [5.41, 5.74) is 0.846. The lowest BCUT2D eigenvalue weighted by atomic mass is 10.2. The van der Waals surface area contributed by atoms with Crippen molar-refractivity contribution in [3.63, 3.8) is 0 Å². The fourth-order valence-corrected chi connectivity index (χ4v) is 2.34. The molecule has 0 aliphatic carbocycles. The maximum absolute atomic E-state index is 12.6. The molecular weight excluding hydrogens is 308 g/mol. The number of aryl methyl sites for hydroxylation is 1. The molecule has 3 aromatic rings. The fraction of sp³-hybridized carbons (Fsp3) is 0.105. The van der Waals surface area contributed by atoms with Crippen LogP contribution in [0, 0.1) is 6.92 Å². The summed E-state index contributed by atoms with van der Waals surface area (Å²) < 4.78 is 16.4. The number of phenolic OH excluding ortho intramolecular Hbond substituents is 1. The molecule has 5 heteroatoms. The molecule has 5 nitrogen and oxygen atoms in total. The van der Waals surface area contributed by atoms with Crippen molar-refractivity contribution in [1.82, 2.24) is 0 Å². The highest BCUT2D eigenvalue weighted by Crippen LogP contribution is 2.27. The Bertz CT molecular complexity index is 967. The van der Waals surface area contributed by atoms with Gasteiger partial charge in [-0.3, -0.25) is 4.79 Å². The van der Waals surface area contributed by atoms with Gasteiger partial charge in [-0.25, -0.2) is 0 Å². The van der Waals surface area contributed by atoms with E-state index in [4.69, 9.17) is 13.9 Å². The highest BCUT2D eigenvalue weighted by Gasteiger charge is 2.14. The molecule has 24 heavy (non-hydrogen) atoms. The average molecular weight is 324 g/mol. The molecule has 0 spiro atoms. The highest BCUT2D eigenvalue weighted by molar-refractivity contribution is 5.79. The summed E-state index contributed by atoms with van der Waals surface area (Å²) in [7, 11) is 1.55. The zero-order valence-corrected chi connectivity index (χ0v) is 13.3. The van der Waals surface area contributed by atoms with Crippen LogP contribution in [0.5, 0.6) is 17.2 Å². The molecule has 0 aliphatic rings. The van der Waals surface area contributed by atoms with Crippen LogP contribution in [0.3, 0.4) is 0 Å². The number of benzene rings is 2. The van der Waals surface area contributed by atoms with Crippen molar-refractivity contribution in [1.29, 1.82) is 0 Å². The smallest absolute Gasteiger partial charge is 0.235 e. The molecule has 1 N–H and O–H groups in total. The minimum Gasteiger partial charge on any atom is -0.508 e. The third kappa shape index (κ3) is 2.84. The minimum absolute atomic E-state index is 0.0349. The van der Waals surface area contributed by atoms with Crippen LogP contribution in [0.15, 0.2) is 58.3 Å². The molecular formula is C19H16O5. The lowest BCUT2D eigenvalue weighted by Gasteiger charge is -2.10. The van der Waals surface area contributed by atoms with E-state index in [1.54, 1.807) is 38.3 Å². The van der Waals surface area contributed by atoms with Crippen LogP contribution in [-0.2, 0) is 4.74 Å². The molecule has 0 saturated heterocycles. The summed E-state index contributed by atoms with van der Waals surface area (Å²) in [6.45, 7) is 5.42. The molecule has 0 fully saturated rings. The molecule has 1 heterocycles. The molecule has 3 rings (SSSR count). The van der Waals surface area contributed by atoms with Crippen LogP contribution in [0.2, 0.25) is 0 Å². The molecule has 0 amide bonds. The van der Waals surface area contributed by atoms with E-state index in [0.29, 0.717) is 28.2 Å². The van der Waals surface area contributed by atoms with E-state index in [0.717, 1.165) is 5.56 Å². The SMILES string of the molecule is C=C(OC)c1ccc(Oc2c(C)oc3cc(O)ccc3c2=O)cc1. The van der Waals surface area contributed by atoms with E-state index >= 15 is 0 Å². The Morgan fingerprint density at radius 1 is 1.17 bits per heavy atom. The summed E-state index contributed by atoms with van der Waals surface area (Å²) in [5, 5.41) is 9.84. The number of fused-ring (bicyclic) bond motifs is 1. The first-order valence-corrected chi connectivity index (χ1v) is 7.27. The van der Waals surface area contributed by atoms with Gasteiger partial charge in [-0.2, -0.15) is 0 Å². The third-order valence-electron chi connectivity index (χ3n) is 3.64. The number of rotatable bonds is 4. The van der Waals surface area contributed by atoms with E-state index in [9.17, 15) is 9.90 Å². The summed E-state index contributed by atoms with van der Waals surface area (Å²) in [6.07, 6.45) is 0. The molecule has 0 saturated carbocycles. The van der Waals surface area contributed by atoms with Crippen molar-refractivity contribution < 1.29 is 19.0 Å². The van der Waals surface area contributed by atoms with Gasteiger partial charge >= 0.3 is 0 Å². The normalized spacial score (nSPS) is 10.6. The Hall–Kier alpha value is -3.21. The van der Waals surface area contributed by atoms with Gasteiger partial charge in [-0.15, -0.1) is 0 Å². The zero-order chi connectivity index (χ0) is 17.3. The van der Waals surface area contributed by atoms with Crippen molar-refractivity contribution in [3.05, 3.63) is 70.6 Å². The Labute approximate surface area is 138 Å². The van der Waals surface area contributed by atoms with Gasteiger partial charge in [0.05, 0.1) is 12.5 Å². The largest absolute Gasteiger partial charge is 0.508 e. The molecule has 0 radical (unpaired) electrons. The van der Waals surface area contributed by atoms with Gasteiger partial charge in [0.15, 0.2) is 0 Å². The minimum atomic E-state index is -0.292. The van der Waals surface area contributed by atoms with Gasteiger partial charge in [0.1, 0.15) is 28.6 Å². The van der Waals surface area contributed by atoms with Crippen LogP contribution in [-0.4, -0.2) is 12.2 Å². The number of hydrogen-bond acceptors (Lipinski definition) is 5. The Balaban J connectivity index is 1.99. The second-order valence-electron chi connectivity index (χ2n) is 5.25. The summed E-state index contributed by atoms with van der Waals surface area (Å²) in [6, 6.07) is 11.4. The van der Waals surface area contributed by atoms with Gasteiger partial charge in [0.25, 0.3) is 0 Å². The van der Waals surface area contributed by atoms with Gasteiger partial charge in [-0.05, 0) is 43.3 Å². The van der Waals surface area contributed by atoms with E-state index in [-0.39, 0.29) is 16.9 Å². The number of phenols is 1. The van der Waals surface area contributed by atoms with Gasteiger partial charge < -0.3 is 19.0 Å². The average Bonchev–Trinajstić information content (AvgIpc) is 2.58. The van der Waals surface area contributed by atoms with Crippen LogP contribution < -0.4 is 10.2 Å². The van der Waals surface area contributed by atoms with Crippen LogP contribution in [0.4, 0.5) is 0 Å². The van der Waals surface area contributed by atoms with E-state index in [2.05, 4.69) is 6.58 Å². The summed E-state index contributed by atoms with van der Waals surface area (Å²) >= 11 is 0. The second kappa shape index (κ2) is 6.12. The number of aromatic hydroxyl groups is 1. The maximum atomic E-state index is 12.6. The van der Waals surface area contributed by atoms with E-state index in [1.807, 2.05) is 0 Å². The molecule has 0 unspecified atom stereocenters. The summed E-state index contributed by atoms with van der Waals surface area (Å²) in [4.78, 5) is 12.6. The first-order valence-electron chi connectivity index (χ1n) is 7.27. The highest BCUT2D eigenvalue weighted by atomic mass is 16.5. The Morgan fingerprint density at radius 2 is 1.88 bits per heavy atom. The van der Waals surface area contributed by atoms with Crippen molar-refractivity contribution in [2.24, 2.45) is 0 Å². The standard InChI is InChI=1S/C19H16O5/c1-11(22-3)13-4-7-15(8-5-13)24-19-12(2)23-17-10-14(20)6-9-16(17)18(19)21/h4-10,20H,1H2,2-3H3. The van der Waals surface area contributed by atoms with Crippen LogP contribution >= 0.6 is 0 Å². The topological polar surface area (TPSA) is 68.9 Å². The Kier molecular flexibility index (Phi) is 4.00. The van der Waals surface area contributed by atoms with Crippen LogP contribution in [0.1, 0.15) is 11.3 Å². The zero-order valence-electron chi connectivity index (χ0n) is 13.3. The molecule has 0 atom stereocenters. The quantitative estimate of drug-likeness (QED) is 0.728. The molecule has 122 valence electrons. The van der Waals surface area contributed by atoms with Crippen LogP contribution in [0.25, 0.3) is 16.7 Å². The molecule has 2 aromatic carbocycles. The van der Waals surface area contributed by atoms with Crippen molar-refractivity contribution >= 4 is 16.7 Å². The monoisotopic (exact) mass is 324 g/mol. The predicted octanol–water partition coefficient (Wildman–Crippen LogP) is 4.22. The number of ether oxygens (including phenoxy) is 2. The van der Waals surface area contributed by atoms with Crippen molar-refractivity contribution in [2.75, 3.05) is 7.11 Å². The predicted molar refractivity (Wildman–Crippen MR) is 91.4 cm³/mol. The maximum Gasteiger partial charge on any atom is 0.235 e. The van der Waals surface area contributed by atoms with Crippen molar-refractivity contribution in [2.45, 2.75) is 6.92 Å². The first kappa shape index (κ1) is 15.7. The van der Waals surface area contributed by atoms with Gasteiger partial charge in [0.2, 0.25) is 11.2 Å². The van der Waals surface area contributed by atoms with E-state index in [1.165, 1.54) is 18.2 Å². The summed E-state index contributed by atoms with van der Waals surface area (Å²) in [5.74, 6) is 1.53. The first-order chi connectivity index (χ1) is 11.5. The third-order valence-corrected chi connectivity index (χ3v) is 3.64. The van der Waals surface area contributed by atoms with Crippen molar-refractivity contribution in [3.8, 4) is 17.2 Å². The molecule has 1 aromatic heterocycles. The lowest BCUT2D eigenvalue weighted by molar-refractivity contribution is 0.371. The number of methoxy groups -OCH3 is 1. The van der Waals surface area contributed by atoms with E-state index < -0.39 is 0 Å². The van der Waals surface area contributed by atoms with Gasteiger partial charge in [0, 0.05) is 11.6 Å². The second-order valence-corrected chi connectivity index (χ2v) is 5.25. The van der Waals surface area contributed by atoms with Gasteiger partial charge in [-0.1, -0.05) is 6.58 Å². The number of hydrogen-bond donors (Lipinski definition) is 1. The molecule has 0 aliphatic heterocycles.